The molecular formula is C46H41Cl5N8O8. The Morgan fingerprint density at radius 2 is 1.01 bits per heavy atom. The zero-order valence-corrected chi connectivity index (χ0v) is 40.0. The molecule has 0 saturated heterocycles. The lowest BCUT2D eigenvalue weighted by Gasteiger charge is -2.17. The summed E-state index contributed by atoms with van der Waals surface area (Å²) in [5.74, 6) is -2.92. The Labute approximate surface area is 409 Å². The van der Waals surface area contributed by atoms with Crippen LogP contribution in [0.25, 0.3) is 0 Å². The minimum Gasteiger partial charge on any atom is -0.495 e. The van der Waals surface area contributed by atoms with Crippen LogP contribution in [0.2, 0.25) is 10.0 Å². The third-order valence-corrected chi connectivity index (χ3v) is 11.1. The monoisotopic (exact) mass is 1010 g/mol. The highest BCUT2D eigenvalue weighted by Crippen LogP contribution is 2.34. The summed E-state index contributed by atoms with van der Waals surface area (Å²) in [6.45, 7) is 3.90. The van der Waals surface area contributed by atoms with Crippen molar-refractivity contribution in [3.63, 3.8) is 0 Å². The van der Waals surface area contributed by atoms with Crippen LogP contribution >= 0.6 is 58.0 Å². The molecule has 5 rings (SSSR count). The molecule has 0 saturated carbocycles. The number of anilines is 4. The largest absolute Gasteiger partial charge is 0.495 e. The molecule has 3 unspecified atom stereocenters. The van der Waals surface area contributed by atoms with E-state index in [-0.39, 0.29) is 55.7 Å². The second-order valence-electron chi connectivity index (χ2n) is 14.4. The van der Waals surface area contributed by atoms with E-state index in [0.29, 0.717) is 28.4 Å². The number of Topliss-reactive ketones (excluding diaryl/α,β-unsaturated/α-hetero) is 2. The lowest BCUT2D eigenvalue weighted by molar-refractivity contribution is -0.127. The molecule has 348 valence electrons. The lowest BCUT2D eigenvalue weighted by atomic mass is 10.1. The number of ketones is 2. The Balaban J connectivity index is 1.29. The number of hydrogen-bond donors (Lipinski definition) is 4. The van der Waals surface area contributed by atoms with Crippen molar-refractivity contribution in [3.8, 4) is 11.5 Å². The molecule has 0 aliphatic carbocycles. The van der Waals surface area contributed by atoms with Gasteiger partial charge >= 0.3 is 0 Å². The minimum atomic E-state index is -1.66. The topological polar surface area (TPSA) is 218 Å². The summed E-state index contributed by atoms with van der Waals surface area (Å²) in [4.78, 5) is 78.8. The number of rotatable bonds is 19. The zero-order valence-electron chi connectivity index (χ0n) is 36.3. The maximum absolute atomic E-state index is 13.5. The van der Waals surface area contributed by atoms with E-state index in [2.05, 4.69) is 41.7 Å². The molecule has 0 radical (unpaired) electrons. The van der Waals surface area contributed by atoms with Gasteiger partial charge in [-0.25, -0.2) is 0 Å². The summed E-state index contributed by atoms with van der Waals surface area (Å²) in [6.07, 6.45) is 0. The minimum absolute atomic E-state index is 0.000553. The Morgan fingerprint density at radius 3 is 1.42 bits per heavy atom. The van der Waals surface area contributed by atoms with Gasteiger partial charge in [0.1, 0.15) is 22.9 Å². The first kappa shape index (κ1) is 51.6. The number of amides is 4. The van der Waals surface area contributed by atoms with Gasteiger partial charge in [0.05, 0.1) is 41.0 Å². The van der Waals surface area contributed by atoms with Crippen molar-refractivity contribution in [1.82, 2.24) is 0 Å². The third-order valence-electron chi connectivity index (χ3n) is 9.58. The third kappa shape index (κ3) is 13.6. The SMILES string of the molecule is COc1ccc(CCl)cc1NC(=O)c1ccc(Cl)c(N=NC(C(C)=O)C(=O)Nc2ccc(NC(=O)C(N=Nc3cc(C(=O)Nc4cc(CCl)ccc4OC)ccc3Cl)C(C)=O)c(C(C)Cl)c2)c1. The number of alkyl halides is 3. The van der Waals surface area contributed by atoms with Crippen LogP contribution in [-0.4, -0.2) is 61.5 Å². The van der Waals surface area contributed by atoms with Gasteiger partial charge < -0.3 is 30.7 Å². The summed E-state index contributed by atoms with van der Waals surface area (Å²) in [5, 5.41) is 26.2. The van der Waals surface area contributed by atoms with E-state index in [1.807, 2.05) is 0 Å². The first-order chi connectivity index (χ1) is 32.0. The number of hydrogen-bond acceptors (Lipinski definition) is 12. The fourth-order valence-corrected chi connectivity index (χ4v) is 6.92. The van der Waals surface area contributed by atoms with Gasteiger partial charge in [-0.05, 0) is 116 Å². The van der Waals surface area contributed by atoms with E-state index < -0.39 is 52.7 Å². The van der Waals surface area contributed by atoms with Crippen LogP contribution in [0.3, 0.4) is 0 Å². The molecule has 4 N–H and O–H groups in total. The van der Waals surface area contributed by atoms with Gasteiger partial charge in [0.15, 0.2) is 11.6 Å². The number of halogens is 5. The molecule has 0 heterocycles. The number of ether oxygens (including phenoxy) is 2. The van der Waals surface area contributed by atoms with Gasteiger partial charge in [-0.15, -0.1) is 34.8 Å². The summed E-state index contributed by atoms with van der Waals surface area (Å²) < 4.78 is 10.7. The second-order valence-corrected chi connectivity index (χ2v) is 16.4. The summed E-state index contributed by atoms with van der Waals surface area (Å²) in [6, 6.07) is 19.6. The van der Waals surface area contributed by atoms with Crippen LogP contribution in [0, 0.1) is 0 Å². The molecule has 0 bridgehead atoms. The predicted octanol–water partition coefficient (Wildman–Crippen LogP) is 11.7. The summed E-state index contributed by atoms with van der Waals surface area (Å²) in [5.41, 5.74) is 3.18. The van der Waals surface area contributed by atoms with Gasteiger partial charge in [-0.1, -0.05) is 35.3 Å². The van der Waals surface area contributed by atoms with Crippen LogP contribution in [0.5, 0.6) is 11.5 Å². The first-order valence-corrected chi connectivity index (χ1v) is 22.1. The number of carbonyl (C=O) groups excluding carboxylic acids is 6. The van der Waals surface area contributed by atoms with E-state index in [1.165, 1.54) is 68.8 Å². The van der Waals surface area contributed by atoms with Crippen LogP contribution in [0.15, 0.2) is 111 Å². The number of nitrogens with one attached hydrogen (secondary N) is 4. The molecule has 21 heteroatoms. The Bertz CT molecular complexity index is 2790. The maximum atomic E-state index is 13.5. The molecular weight excluding hydrogens is 970 g/mol. The summed E-state index contributed by atoms with van der Waals surface area (Å²) >= 11 is 31.2. The van der Waals surface area contributed by atoms with Crippen LogP contribution < -0.4 is 30.7 Å². The number of methoxy groups -OCH3 is 2. The predicted molar refractivity (Wildman–Crippen MR) is 260 cm³/mol. The van der Waals surface area contributed by atoms with Gasteiger partial charge in [0.25, 0.3) is 23.6 Å². The highest BCUT2D eigenvalue weighted by molar-refractivity contribution is 6.33. The van der Waals surface area contributed by atoms with E-state index in [0.717, 1.165) is 25.0 Å². The summed E-state index contributed by atoms with van der Waals surface area (Å²) in [7, 11) is 2.91. The highest BCUT2D eigenvalue weighted by atomic mass is 35.5. The molecule has 0 aromatic heterocycles. The van der Waals surface area contributed by atoms with Crippen LogP contribution in [-0.2, 0) is 30.9 Å². The Kier molecular flexibility index (Phi) is 18.3. The molecule has 67 heavy (non-hydrogen) atoms. The fourth-order valence-electron chi connectivity index (χ4n) is 6.09. The zero-order chi connectivity index (χ0) is 48.9. The average Bonchev–Trinajstić information content (AvgIpc) is 3.30. The van der Waals surface area contributed by atoms with Crippen molar-refractivity contribution >= 4 is 127 Å². The number of benzene rings is 5. The standard InChI is InChI=1S/C46H41Cl5N8O8/c1-23(49)31-20-30(52-45(64)41(24(2)60)58-56-35-18-28(8-11-32(35)50)43(62)54-37-16-26(21-47)6-14-39(37)66-4)10-13-34(31)53-46(65)42(25(3)61)59-57-36-19-29(9-12-33(36)51)44(63)55-38-17-27(22-48)7-15-40(38)67-5/h6-20,23,41-42H,21-22H2,1-5H3,(H,52,64)(H,53,65)(H,54,62)(H,55,63). The van der Waals surface area contributed by atoms with E-state index >= 15 is 0 Å². The number of nitrogens with zero attached hydrogens (tertiary/aromatic N) is 4. The number of azo groups is 2. The van der Waals surface area contributed by atoms with Crippen LogP contribution in [0.4, 0.5) is 34.1 Å². The molecule has 16 nitrogen and oxygen atoms in total. The van der Waals surface area contributed by atoms with Crippen molar-refractivity contribution in [1.29, 1.82) is 0 Å². The Morgan fingerprint density at radius 1 is 0.567 bits per heavy atom. The first-order valence-electron chi connectivity index (χ1n) is 19.9. The van der Waals surface area contributed by atoms with Crippen molar-refractivity contribution in [2.75, 3.05) is 35.5 Å². The maximum Gasteiger partial charge on any atom is 0.258 e. The molecule has 0 aliphatic rings. The molecule has 4 amide bonds. The van der Waals surface area contributed by atoms with Crippen molar-refractivity contribution in [2.24, 2.45) is 20.5 Å². The molecule has 5 aromatic carbocycles. The van der Waals surface area contributed by atoms with Crippen molar-refractivity contribution in [3.05, 3.63) is 129 Å². The van der Waals surface area contributed by atoms with E-state index in [1.54, 1.807) is 43.3 Å². The molecule has 5 aromatic rings. The van der Waals surface area contributed by atoms with Crippen molar-refractivity contribution < 1.29 is 38.2 Å². The fraction of sp³-hybridized carbons (Fsp3) is 0.217. The smallest absolute Gasteiger partial charge is 0.258 e. The molecule has 0 spiro atoms. The second kappa shape index (κ2) is 23.8. The molecule has 0 fully saturated rings. The highest BCUT2D eigenvalue weighted by Gasteiger charge is 2.27. The number of carbonyl (C=O) groups is 6. The van der Waals surface area contributed by atoms with Gasteiger partial charge in [-0.3, -0.25) is 28.8 Å². The Hall–Kier alpha value is -6.43. The van der Waals surface area contributed by atoms with Crippen molar-refractivity contribution in [2.45, 2.75) is 50.0 Å². The quantitative estimate of drug-likeness (QED) is 0.0353. The van der Waals surface area contributed by atoms with Gasteiger partial charge in [-0.2, -0.15) is 20.5 Å². The average molecular weight is 1010 g/mol. The molecule has 0 aliphatic heterocycles. The van der Waals surface area contributed by atoms with E-state index in [9.17, 15) is 28.8 Å². The molecule has 3 atom stereocenters. The van der Waals surface area contributed by atoms with E-state index in [4.69, 9.17) is 67.5 Å². The van der Waals surface area contributed by atoms with Gasteiger partial charge in [0.2, 0.25) is 12.1 Å². The van der Waals surface area contributed by atoms with Crippen LogP contribution in [0.1, 0.15) is 63.6 Å². The normalized spacial score (nSPS) is 12.5. The van der Waals surface area contributed by atoms with Gasteiger partial charge in [0, 0.05) is 34.3 Å². The lowest BCUT2D eigenvalue weighted by Crippen LogP contribution is -2.32.